The molecular weight excluding hydrogens is 400 g/mol. The molecule has 0 saturated carbocycles. The van der Waals surface area contributed by atoms with E-state index in [2.05, 4.69) is 22.2 Å². The van der Waals surface area contributed by atoms with Crippen molar-refractivity contribution in [2.45, 2.75) is 33.7 Å². The summed E-state index contributed by atoms with van der Waals surface area (Å²) in [5.41, 5.74) is 10.4. The third-order valence-electron chi connectivity index (χ3n) is 5.63. The zero-order valence-electron chi connectivity index (χ0n) is 18.4. The molecule has 0 aliphatic rings. The van der Waals surface area contributed by atoms with Gasteiger partial charge in [-0.1, -0.05) is 43.3 Å². The van der Waals surface area contributed by atoms with E-state index in [1.165, 1.54) is 6.33 Å². The van der Waals surface area contributed by atoms with Crippen LogP contribution in [0.1, 0.15) is 36.2 Å². The second kappa shape index (κ2) is 8.63. The topological polar surface area (TPSA) is 110 Å². The number of anilines is 2. The van der Waals surface area contributed by atoms with Gasteiger partial charge in [-0.05, 0) is 48.9 Å². The van der Waals surface area contributed by atoms with Crippen LogP contribution in [-0.4, -0.2) is 20.2 Å². The molecule has 0 aliphatic heterocycles. The van der Waals surface area contributed by atoms with Crippen LogP contribution in [0.25, 0.3) is 16.5 Å². The summed E-state index contributed by atoms with van der Waals surface area (Å²) >= 11 is 0. The van der Waals surface area contributed by atoms with Crippen molar-refractivity contribution in [2.24, 2.45) is 0 Å². The maximum Gasteiger partial charge on any atom is 0.263 e. The molecular formula is C25H26N6O. The number of rotatable bonds is 6. The first-order valence-electron chi connectivity index (χ1n) is 10.5. The number of hydrogen-bond donors (Lipinski definition) is 3. The van der Waals surface area contributed by atoms with Gasteiger partial charge >= 0.3 is 0 Å². The highest BCUT2D eigenvalue weighted by atomic mass is 16.1. The molecule has 2 aromatic heterocycles. The van der Waals surface area contributed by atoms with E-state index in [0.717, 1.165) is 34.3 Å². The molecule has 0 amide bonds. The van der Waals surface area contributed by atoms with Crippen LogP contribution in [0.5, 0.6) is 0 Å². The number of aromatic nitrogens is 3. The van der Waals surface area contributed by atoms with Crippen LogP contribution in [0, 0.1) is 12.3 Å². The van der Waals surface area contributed by atoms with Crippen molar-refractivity contribution in [2.75, 3.05) is 11.1 Å². The highest BCUT2D eigenvalue weighted by molar-refractivity contribution is 6.04. The van der Waals surface area contributed by atoms with Gasteiger partial charge in [-0.2, -0.15) is 0 Å². The first-order chi connectivity index (χ1) is 15.4. The summed E-state index contributed by atoms with van der Waals surface area (Å²) in [6.45, 7) is 6.01. The van der Waals surface area contributed by atoms with E-state index in [1.54, 1.807) is 11.5 Å². The zero-order valence-corrected chi connectivity index (χ0v) is 18.4. The highest BCUT2D eigenvalue weighted by Crippen LogP contribution is 2.23. The quantitative estimate of drug-likeness (QED) is 0.400. The van der Waals surface area contributed by atoms with E-state index < -0.39 is 0 Å². The zero-order chi connectivity index (χ0) is 22.8. The molecule has 2 aromatic carbocycles. The minimum atomic E-state index is -0.0519. The Morgan fingerprint density at radius 2 is 1.94 bits per heavy atom. The largest absolute Gasteiger partial charge is 0.383 e. The lowest BCUT2D eigenvalue weighted by atomic mass is 10.0. The lowest BCUT2D eigenvalue weighted by molar-refractivity contribution is 0.874. The standard InChI is InChI=1S/C25H26N6O/c1-4-17-9-5-6-11-20(17)31-19(12-18-10-7-8-15(2)21(18)25(31)32)13-28-24-22(16(3)26)23(27)29-14-30-24/h5-12,14,26H,4,13H2,1-3H3,(H3,27,28,29,30). The first-order valence-corrected chi connectivity index (χ1v) is 10.5. The average Bonchev–Trinajstić information content (AvgIpc) is 2.77. The van der Waals surface area contributed by atoms with E-state index in [1.807, 2.05) is 55.5 Å². The number of nitrogens with two attached hydrogens (primary N) is 1. The SMILES string of the molecule is CCc1ccccc1-n1c(CNc2ncnc(N)c2C(C)=N)cc2cccc(C)c2c1=O. The van der Waals surface area contributed by atoms with Crippen LogP contribution < -0.4 is 16.6 Å². The van der Waals surface area contributed by atoms with E-state index in [-0.39, 0.29) is 17.1 Å². The molecule has 0 unspecified atom stereocenters. The van der Waals surface area contributed by atoms with Gasteiger partial charge in [0.15, 0.2) is 0 Å². The monoisotopic (exact) mass is 426 g/mol. The number of pyridine rings is 1. The molecule has 7 nitrogen and oxygen atoms in total. The normalized spacial score (nSPS) is 11.0. The van der Waals surface area contributed by atoms with Gasteiger partial charge in [-0.3, -0.25) is 9.36 Å². The molecule has 4 aromatic rings. The lowest BCUT2D eigenvalue weighted by Crippen LogP contribution is -2.25. The predicted octanol–water partition coefficient (Wildman–Crippen LogP) is 4.23. The van der Waals surface area contributed by atoms with Gasteiger partial charge in [0.1, 0.15) is 18.0 Å². The summed E-state index contributed by atoms with van der Waals surface area (Å²) in [7, 11) is 0. The summed E-state index contributed by atoms with van der Waals surface area (Å²) in [6.07, 6.45) is 2.17. The third-order valence-corrected chi connectivity index (χ3v) is 5.63. The number of fused-ring (bicyclic) bond motifs is 1. The molecule has 4 N–H and O–H groups in total. The van der Waals surface area contributed by atoms with E-state index in [4.69, 9.17) is 11.1 Å². The Kier molecular flexibility index (Phi) is 5.73. The number of para-hydroxylation sites is 1. The summed E-state index contributed by atoms with van der Waals surface area (Å²) < 4.78 is 1.78. The second-order valence-electron chi connectivity index (χ2n) is 7.76. The van der Waals surface area contributed by atoms with Crippen molar-refractivity contribution in [1.82, 2.24) is 14.5 Å². The fourth-order valence-corrected chi connectivity index (χ4v) is 4.09. The molecule has 0 bridgehead atoms. The summed E-state index contributed by atoms with van der Waals surface area (Å²) in [6, 6.07) is 15.9. The van der Waals surface area contributed by atoms with Crippen molar-refractivity contribution in [3.8, 4) is 5.69 Å². The van der Waals surface area contributed by atoms with Crippen molar-refractivity contribution in [3.63, 3.8) is 0 Å². The highest BCUT2D eigenvalue weighted by Gasteiger charge is 2.16. The molecule has 7 heteroatoms. The van der Waals surface area contributed by atoms with Crippen LogP contribution in [0.15, 0.2) is 59.7 Å². The van der Waals surface area contributed by atoms with Crippen LogP contribution in [0.2, 0.25) is 0 Å². The Bertz CT molecular complexity index is 1390. The van der Waals surface area contributed by atoms with Crippen LogP contribution in [-0.2, 0) is 13.0 Å². The molecule has 32 heavy (non-hydrogen) atoms. The Hall–Kier alpha value is -4.00. The average molecular weight is 427 g/mol. The Morgan fingerprint density at radius 1 is 1.16 bits per heavy atom. The molecule has 4 rings (SSSR count). The van der Waals surface area contributed by atoms with Gasteiger partial charge in [-0.25, -0.2) is 9.97 Å². The smallest absolute Gasteiger partial charge is 0.263 e. The van der Waals surface area contributed by atoms with Gasteiger partial charge in [0.25, 0.3) is 5.56 Å². The van der Waals surface area contributed by atoms with Crippen molar-refractivity contribution >= 4 is 28.1 Å². The number of benzene rings is 2. The van der Waals surface area contributed by atoms with E-state index >= 15 is 0 Å². The maximum atomic E-state index is 13.7. The minimum absolute atomic E-state index is 0.0519. The molecule has 0 atom stereocenters. The van der Waals surface area contributed by atoms with Gasteiger partial charge < -0.3 is 16.5 Å². The molecule has 0 saturated heterocycles. The third kappa shape index (κ3) is 3.73. The Morgan fingerprint density at radius 3 is 2.69 bits per heavy atom. The minimum Gasteiger partial charge on any atom is -0.383 e. The van der Waals surface area contributed by atoms with Crippen LogP contribution in [0.4, 0.5) is 11.6 Å². The summed E-state index contributed by atoms with van der Waals surface area (Å²) in [4.78, 5) is 22.0. The molecule has 0 radical (unpaired) electrons. The van der Waals surface area contributed by atoms with E-state index in [9.17, 15) is 4.79 Å². The van der Waals surface area contributed by atoms with Gasteiger partial charge in [0.2, 0.25) is 0 Å². The lowest BCUT2D eigenvalue weighted by Gasteiger charge is -2.19. The van der Waals surface area contributed by atoms with Crippen molar-refractivity contribution < 1.29 is 0 Å². The van der Waals surface area contributed by atoms with Gasteiger partial charge in [0, 0.05) is 11.4 Å². The first kappa shape index (κ1) is 21.2. The van der Waals surface area contributed by atoms with Gasteiger partial charge in [0.05, 0.1) is 23.2 Å². The number of nitrogen functional groups attached to an aromatic ring is 1. The van der Waals surface area contributed by atoms with Gasteiger partial charge in [-0.15, -0.1) is 0 Å². The number of nitrogens with zero attached hydrogens (tertiary/aromatic N) is 3. The number of aryl methyl sites for hydroxylation is 2. The molecule has 0 spiro atoms. The molecule has 162 valence electrons. The predicted molar refractivity (Wildman–Crippen MR) is 130 cm³/mol. The van der Waals surface area contributed by atoms with Crippen molar-refractivity contribution in [1.29, 1.82) is 5.41 Å². The summed E-state index contributed by atoms with van der Waals surface area (Å²) in [5, 5.41) is 12.9. The Labute approximate surface area is 186 Å². The fraction of sp³-hybridized carbons (Fsp3) is 0.200. The maximum absolute atomic E-state index is 13.7. The molecule has 0 fully saturated rings. The second-order valence-corrected chi connectivity index (χ2v) is 7.76. The van der Waals surface area contributed by atoms with Crippen LogP contribution in [0.3, 0.4) is 0 Å². The van der Waals surface area contributed by atoms with Crippen molar-refractivity contribution in [3.05, 3.63) is 87.6 Å². The molecule has 0 aliphatic carbocycles. The fourth-order valence-electron chi connectivity index (χ4n) is 4.09. The molecule has 2 heterocycles. The number of hydrogen-bond acceptors (Lipinski definition) is 6. The summed E-state index contributed by atoms with van der Waals surface area (Å²) in [5.74, 6) is 0.718. The van der Waals surface area contributed by atoms with Crippen LogP contribution >= 0.6 is 0 Å². The number of nitrogens with one attached hydrogen (secondary N) is 2. The Balaban J connectivity index is 1.91. The van der Waals surface area contributed by atoms with E-state index in [0.29, 0.717) is 23.3 Å².